The summed E-state index contributed by atoms with van der Waals surface area (Å²) in [5.41, 5.74) is 0.569. The van der Waals surface area contributed by atoms with E-state index >= 15 is 0 Å². The Morgan fingerprint density at radius 3 is 2.50 bits per heavy atom. The second-order valence-electron chi connectivity index (χ2n) is 6.32. The van der Waals surface area contributed by atoms with Crippen LogP contribution in [0.15, 0.2) is 30.3 Å². The van der Waals surface area contributed by atoms with Crippen molar-refractivity contribution in [1.82, 2.24) is 0 Å². The third kappa shape index (κ3) is 1.89. The highest BCUT2D eigenvalue weighted by molar-refractivity contribution is 5.24. The molecule has 2 bridgehead atoms. The largest absolute Gasteiger partial charge is 0.385 e. The monoisotopic (exact) mass is 244 g/mol. The van der Waals surface area contributed by atoms with Crippen LogP contribution in [-0.4, -0.2) is 5.11 Å². The molecule has 0 aliphatic heterocycles. The highest BCUT2D eigenvalue weighted by atomic mass is 16.3. The van der Waals surface area contributed by atoms with E-state index in [1.807, 2.05) is 6.07 Å². The smallest absolute Gasteiger partial charge is 0.0927 e. The van der Waals surface area contributed by atoms with Gasteiger partial charge in [-0.1, -0.05) is 50.1 Å². The van der Waals surface area contributed by atoms with Crippen molar-refractivity contribution in [2.24, 2.45) is 17.8 Å². The van der Waals surface area contributed by atoms with Crippen LogP contribution in [-0.2, 0) is 5.60 Å². The highest BCUT2D eigenvalue weighted by Gasteiger charge is 2.49. The van der Waals surface area contributed by atoms with Gasteiger partial charge >= 0.3 is 0 Å². The molecule has 2 aliphatic carbocycles. The van der Waals surface area contributed by atoms with Crippen LogP contribution in [0.25, 0.3) is 0 Å². The SMILES string of the molecule is CCCC(O)(c1ccccc1)C1CC2CCC1C2. The minimum atomic E-state index is -0.574. The first-order valence-corrected chi connectivity index (χ1v) is 7.52. The first kappa shape index (κ1) is 12.2. The van der Waals surface area contributed by atoms with E-state index < -0.39 is 5.60 Å². The van der Waals surface area contributed by atoms with E-state index in [4.69, 9.17) is 0 Å². The minimum Gasteiger partial charge on any atom is -0.385 e. The number of rotatable bonds is 4. The van der Waals surface area contributed by atoms with Gasteiger partial charge in [-0.25, -0.2) is 0 Å². The van der Waals surface area contributed by atoms with Crippen molar-refractivity contribution in [3.63, 3.8) is 0 Å². The van der Waals surface area contributed by atoms with Gasteiger partial charge in [0.05, 0.1) is 5.60 Å². The van der Waals surface area contributed by atoms with E-state index in [9.17, 15) is 5.11 Å². The summed E-state index contributed by atoms with van der Waals surface area (Å²) in [5, 5.41) is 11.3. The molecule has 2 saturated carbocycles. The second kappa shape index (κ2) is 4.70. The quantitative estimate of drug-likeness (QED) is 0.845. The fourth-order valence-electron chi connectivity index (χ4n) is 4.48. The lowest BCUT2D eigenvalue weighted by atomic mass is 9.71. The maximum absolute atomic E-state index is 11.3. The Labute approximate surface area is 110 Å². The van der Waals surface area contributed by atoms with Crippen LogP contribution >= 0.6 is 0 Å². The highest BCUT2D eigenvalue weighted by Crippen LogP contribution is 2.55. The third-order valence-corrected chi connectivity index (χ3v) is 5.26. The summed E-state index contributed by atoms with van der Waals surface area (Å²) in [4.78, 5) is 0. The normalized spacial score (nSPS) is 33.6. The molecule has 1 nitrogen and oxygen atoms in total. The van der Waals surface area contributed by atoms with Crippen molar-refractivity contribution in [3.05, 3.63) is 35.9 Å². The van der Waals surface area contributed by atoms with Gasteiger partial charge in [-0.15, -0.1) is 0 Å². The van der Waals surface area contributed by atoms with Crippen LogP contribution in [0.5, 0.6) is 0 Å². The van der Waals surface area contributed by atoms with Crippen LogP contribution in [0, 0.1) is 17.8 Å². The number of aliphatic hydroxyl groups is 1. The Kier molecular flexibility index (Phi) is 3.19. The van der Waals surface area contributed by atoms with Crippen LogP contribution in [0.4, 0.5) is 0 Å². The van der Waals surface area contributed by atoms with Crippen LogP contribution in [0.1, 0.15) is 51.0 Å². The molecule has 18 heavy (non-hydrogen) atoms. The molecule has 0 amide bonds. The second-order valence-corrected chi connectivity index (χ2v) is 6.32. The van der Waals surface area contributed by atoms with E-state index in [1.165, 1.54) is 25.7 Å². The summed E-state index contributed by atoms with van der Waals surface area (Å²) in [7, 11) is 0. The zero-order chi connectivity index (χ0) is 12.6. The van der Waals surface area contributed by atoms with Crippen molar-refractivity contribution in [3.8, 4) is 0 Å². The van der Waals surface area contributed by atoms with Gasteiger partial charge in [-0.3, -0.25) is 0 Å². The molecule has 2 fully saturated rings. The summed E-state index contributed by atoms with van der Waals surface area (Å²) in [6.45, 7) is 2.18. The van der Waals surface area contributed by atoms with Gasteiger partial charge in [0.25, 0.3) is 0 Å². The van der Waals surface area contributed by atoms with Crippen LogP contribution < -0.4 is 0 Å². The summed E-state index contributed by atoms with van der Waals surface area (Å²) in [6.07, 6.45) is 7.32. The summed E-state index contributed by atoms with van der Waals surface area (Å²) in [6, 6.07) is 10.4. The van der Waals surface area contributed by atoms with E-state index in [2.05, 4.69) is 31.2 Å². The van der Waals surface area contributed by atoms with Gasteiger partial charge in [0, 0.05) is 0 Å². The topological polar surface area (TPSA) is 20.2 Å². The fraction of sp³-hybridized carbons (Fsp3) is 0.647. The summed E-state index contributed by atoms with van der Waals surface area (Å²) >= 11 is 0. The minimum absolute atomic E-state index is 0.499. The molecule has 0 spiro atoms. The maximum atomic E-state index is 11.3. The lowest BCUT2D eigenvalue weighted by molar-refractivity contribution is -0.0542. The molecular formula is C17H24O. The molecule has 0 saturated heterocycles. The number of hydrogen-bond acceptors (Lipinski definition) is 1. The van der Waals surface area contributed by atoms with Gasteiger partial charge in [0.15, 0.2) is 0 Å². The van der Waals surface area contributed by atoms with E-state index in [1.54, 1.807) is 0 Å². The molecule has 4 atom stereocenters. The molecule has 1 aromatic carbocycles. The van der Waals surface area contributed by atoms with Gasteiger partial charge in [-0.05, 0) is 49.0 Å². The molecule has 3 rings (SSSR count). The Morgan fingerprint density at radius 1 is 1.17 bits per heavy atom. The van der Waals surface area contributed by atoms with Crippen molar-refractivity contribution >= 4 is 0 Å². The van der Waals surface area contributed by atoms with E-state index in [-0.39, 0.29) is 0 Å². The first-order valence-electron chi connectivity index (χ1n) is 7.52. The predicted octanol–water partition coefficient (Wildman–Crippen LogP) is 4.11. The van der Waals surface area contributed by atoms with Crippen molar-refractivity contribution in [2.75, 3.05) is 0 Å². The molecule has 1 heteroatoms. The molecule has 0 aromatic heterocycles. The molecule has 1 aromatic rings. The summed E-state index contributed by atoms with van der Waals surface area (Å²) in [5.74, 6) is 2.16. The van der Waals surface area contributed by atoms with E-state index in [0.717, 1.165) is 30.2 Å². The van der Waals surface area contributed by atoms with Crippen LogP contribution in [0.3, 0.4) is 0 Å². The van der Waals surface area contributed by atoms with E-state index in [0.29, 0.717) is 5.92 Å². The average molecular weight is 244 g/mol. The van der Waals surface area contributed by atoms with Crippen molar-refractivity contribution < 1.29 is 5.11 Å². The molecule has 1 N–H and O–H groups in total. The average Bonchev–Trinajstić information content (AvgIpc) is 3.02. The van der Waals surface area contributed by atoms with Gasteiger partial charge in [0.1, 0.15) is 0 Å². The molecule has 4 unspecified atom stereocenters. The number of hydrogen-bond donors (Lipinski definition) is 1. The zero-order valence-corrected chi connectivity index (χ0v) is 11.3. The lowest BCUT2D eigenvalue weighted by Crippen LogP contribution is -2.38. The Bertz CT molecular complexity index is 399. The lowest BCUT2D eigenvalue weighted by Gasteiger charge is -2.39. The third-order valence-electron chi connectivity index (χ3n) is 5.26. The van der Waals surface area contributed by atoms with Crippen molar-refractivity contribution in [2.45, 2.75) is 51.0 Å². The van der Waals surface area contributed by atoms with Crippen molar-refractivity contribution in [1.29, 1.82) is 0 Å². The fourth-order valence-corrected chi connectivity index (χ4v) is 4.48. The van der Waals surface area contributed by atoms with Gasteiger partial charge in [0.2, 0.25) is 0 Å². The standard InChI is InChI=1S/C17H24O/c1-2-10-17(18,15-6-4-3-5-7-15)16-12-13-8-9-14(16)11-13/h3-7,13-14,16,18H,2,8-12H2,1H3. The molecular weight excluding hydrogens is 220 g/mol. The van der Waals surface area contributed by atoms with Gasteiger partial charge in [-0.2, -0.15) is 0 Å². The Morgan fingerprint density at radius 2 is 1.94 bits per heavy atom. The summed E-state index contributed by atoms with van der Waals surface area (Å²) < 4.78 is 0. The zero-order valence-electron chi connectivity index (χ0n) is 11.3. The van der Waals surface area contributed by atoms with Gasteiger partial charge < -0.3 is 5.11 Å². The predicted molar refractivity (Wildman–Crippen MR) is 74.2 cm³/mol. The molecule has 0 heterocycles. The molecule has 0 radical (unpaired) electrons. The Hall–Kier alpha value is -0.820. The maximum Gasteiger partial charge on any atom is 0.0927 e. The Balaban J connectivity index is 1.92. The molecule has 2 aliphatic rings. The molecule has 98 valence electrons. The first-order chi connectivity index (χ1) is 8.74. The van der Waals surface area contributed by atoms with Crippen LogP contribution in [0.2, 0.25) is 0 Å². The number of benzene rings is 1. The number of fused-ring (bicyclic) bond motifs is 2.